The molecule has 0 amide bonds. The number of allylic oxidation sites excluding steroid dienone is 2. The number of ether oxygens (including phenoxy) is 2. The zero-order valence-electron chi connectivity index (χ0n) is 12.5. The molecule has 2 unspecified atom stereocenters. The van der Waals surface area contributed by atoms with Crippen molar-refractivity contribution in [3.63, 3.8) is 0 Å². The highest BCUT2D eigenvalue weighted by atomic mass is 16.8. The number of fused-ring (bicyclic) bond motifs is 1. The molecule has 0 N–H and O–H groups in total. The fourth-order valence-corrected chi connectivity index (χ4v) is 3.21. The highest BCUT2D eigenvalue weighted by Gasteiger charge is 2.71. The topological polar surface area (TPSA) is 21.8 Å². The van der Waals surface area contributed by atoms with Gasteiger partial charge in [0.25, 0.3) is 0 Å². The molecule has 4 rings (SSSR count). The number of benzene rings is 2. The molecule has 0 saturated carbocycles. The van der Waals surface area contributed by atoms with Crippen LogP contribution in [0.2, 0.25) is 0 Å². The average Bonchev–Trinajstić information content (AvgIpc) is 3.26. The first-order chi connectivity index (χ1) is 10.8. The van der Waals surface area contributed by atoms with Crippen LogP contribution in [-0.2, 0) is 15.1 Å². The third kappa shape index (κ3) is 1.88. The minimum Gasteiger partial charge on any atom is -0.344 e. The lowest BCUT2D eigenvalue weighted by Gasteiger charge is -2.20. The van der Waals surface area contributed by atoms with E-state index in [1.165, 1.54) is 5.56 Å². The third-order valence-electron chi connectivity index (χ3n) is 4.30. The Bertz CT molecular complexity index is 733. The fraction of sp³-hybridized carbons (Fsp3) is 0.200. The van der Waals surface area contributed by atoms with Crippen LogP contribution < -0.4 is 0 Å². The number of hydrogen-bond acceptors (Lipinski definition) is 2. The summed E-state index contributed by atoms with van der Waals surface area (Å²) in [5.74, 6) is -0.678. The lowest BCUT2D eigenvalue weighted by Crippen LogP contribution is -2.26. The Kier molecular flexibility index (Phi) is 3.03. The fourth-order valence-electron chi connectivity index (χ4n) is 3.21. The molecule has 2 aromatic rings. The minimum absolute atomic E-state index is 0.484. The number of rotatable bonds is 4. The van der Waals surface area contributed by atoms with Gasteiger partial charge < -0.3 is 9.47 Å². The Hall–Kier alpha value is -2.16. The number of hydrogen-bond donors (Lipinski definition) is 0. The van der Waals surface area contributed by atoms with Crippen LogP contribution in [-0.4, -0.2) is 12.4 Å². The lowest BCUT2D eigenvalue weighted by atomic mass is 9.86. The maximum atomic E-state index is 6.15. The second-order valence-corrected chi connectivity index (χ2v) is 5.60. The van der Waals surface area contributed by atoms with Crippen molar-refractivity contribution in [3.8, 4) is 0 Å². The van der Waals surface area contributed by atoms with Crippen LogP contribution in [0.3, 0.4) is 0 Å². The molecule has 22 heavy (non-hydrogen) atoms. The molecule has 110 valence electrons. The van der Waals surface area contributed by atoms with E-state index >= 15 is 0 Å². The van der Waals surface area contributed by atoms with Gasteiger partial charge >= 0.3 is 0 Å². The van der Waals surface area contributed by atoms with Gasteiger partial charge in [-0.1, -0.05) is 66.7 Å². The predicted molar refractivity (Wildman–Crippen MR) is 87.1 cm³/mol. The Morgan fingerprint density at radius 1 is 0.955 bits per heavy atom. The van der Waals surface area contributed by atoms with Gasteiger partial charge in [-0.2, -0.15) is 0 Å². The van der Waals surface area contributed by atoms with E-state index in [1.54, 1.807) is 0 Å². The van der Waals surface area contributed by atoms with Gasteiger partial charge in [0.1, 0.15) is 0 Å². The molecule has 2 aromatic carbocycles. The predicted octanol–water partition coefficient (Wildman–Crippen LogP) is 4.30. The van der Waals surface area contributed by atoms with Gasteiger partial charge in [-0.15, -0.1) is 0 Å². The van der Waals surface area contributed by atoms with Crippen LogP contribution >= 0.6 is 0 Å². The molecule has 2 heteroatoms. The minimum atomic E-state index is -0.678. The highest BCUT2D eigenvalue weighted by Crippen LogP contribution is 2.61. The van der Waals surface area contributed by atoms with Gasteiger partial charge in [0.2, 0.25) is 5.79 Å². The van der Waals surface area contributed by atoms with Gasteiger partial charge in [-0.05, 0) is 35.8 Å². The van der Waals surface area contributed by atoms with Crippen molar-refractivity contribution in [2.24, 2.45) is 0 Å². The summed E-state index contributed by atoms with van der Waals surface area (Å²) in [7, 11) is 0. The van der Waals surface area contributed by atoms with E-state index in [0.717, 1.165) is 11.1 Å². The first kappa shape index (κ1) is 13.5. The van der Waals surface area contributed by atoms with Crippen molar-refractivity contribution in [1.29, 1.82) is 0 Å². The summed E-state index contributed by atoms with van der Waals surface area (Å²) in [5, 5.41) is 0. The van der Waals surface area contributed by atoms with Crippen molar-refractivity contribution in [1.82, 2.24) is 0 Å². The van der Waals surface area contributed by atoms with Gasteiger partial charge in [-0.25, -0.2) is 0 Å². The van der Waals surface area contributed by atoms with Gasteiger partial charge in [0.05, 0.1) is 0 Å². The molecule has 0 radical (unpaired) electrons. The average molecular weight is 290 g/mol. The highest BCUT2D eigenvalue weighted by molar-refractivity contribution is 5.78. The maximum Gasteiger partial charge on any atom is 0.228 e. The van der Waals surface area contributed by atoms with E-state index < -0.39 is 11.4 Å². The lowest BCUT2D eigenvalue weighted by molar-refractivity contribution is -0.000751. The first-order valence-corrected chi connectivity index (χ1v) is 7.67. The summed E-state index contributed by atoms with van der Waals surface area (Å²) in [5.41, 5.74) is 2.96. The summed E-state index contributed by atoms with van der Waals surface area (Å²) in [4.78, 5) is 0. The molecule has 0 aromatic heterocycles. The van der Waals surface area contributed by atoms with Crippen molar-refractivity contribution in [3.05, 3.63) is 90.0 Å². The van der Waals surface area contributed by atoms with Crippen LogP contribution in [0, 0.1) is 0 Å². The molecule has 0 bridgehead atoms. The van der Waals surface area contributed by atoms with E-state index in [-0.39, 0.29) is 0 Å². The SMILES string of the molecule is CCOC12C=C(c3ccccc3)C=CC1(c1ccccc1)O2. The molecule has 1 aliphatic carbocycles. The van der Waals surface area contributed by atoms with E-state index in [0.29, 0.717) is 6.61 Å². The second-order valence-electron chi connectivity index (χ2n) is 5.60. The Morgan fingerprint density at radius 2 is 1.64 bits per heavy atom. The van der Waals surface area contributed by atoms with E-state index in [1.807, 2.05) is 43.3 Å². The molecule has 2 atom stereocenters. The van der Waals surface area contributed by atoms with Gasteiger partial charge in [0.15, 0.2) is 5.60 Å². The molecule has 1 aliphatic heterocycles. The molecular formula is C20H18O2. The smallest absolute Gasteiger partial charge is 0.228 e. The first-order valence-electron chi connectivity index (χ1n) is 7.67. The van der Waals surface area contributed by atoms with E-state index in [2.05, 4.69) is 42.5 Å². The Morgan fingerprint density at radius 3 is 2.32 bits per heavy atom. The normalized spacial score (nSPS) is 28.9. The number of epoxide rings is 1. The van der Waals surface area contributed by atoms with E-state index in [4.69, 9.17) is 9.47 Å². The van der Waals surface area contributed by atoms with Crippen molar-refractivity contribution >= 4 is 5.57 Å². The molecular weight excluding hydrogens is 272 g/mol. The van der Waals surface area contributed by atoms with E-state index in [9.17, 15) is 0 Å². The van der Waals surface area contributed by atoms with Crippen molar-refractivity contribution < 1.29 is 9.47 Å². The summed E-state index contributed by atoms with van der Waals surface area (Å²) < 4.78 is 12.1. The van der Waals surface area contributed by atoms with Crippen LogP contribution in [0.15, 0.2) is 78.9 Å². The van der Waals surface area contributed by atoms with Crippen LogP contribution in [0.5, 0.6) is 0 Å². The zero-order chi connectivity index (χ0) is 15.0. The van der Waals surface area contributed by atoms with Crippen molar-refractivity contribution in [2.75, 3.05) is 6.61 Å². The molecule has 1 heterocycles. The summed E-state index contributed by atoms with van der Waals surface area (Å²) >= 11 is 0. The summed E-state index contributed by atoms with van der Waals surface area (Å²) in [6, 6.07) is 20.6. The summed E-state index contributed by atoms with van der Waals surface area (Å²) in [6.07, 6.45) is 6.37. The van der Waals surface area contributed by atoms with Crippen LogP contribution in [0.1, 0.15) is 18.1 Å². The standard InChI is InChI=1S/C20H18O2/c1-2-21-20-15-17(16-9-5-3-6-10-16)13-14-19(20,22-20)18-11-7-4-8-12-18/h3-15H,2H2,1H3. The maximum absolute atomic E-state index is 6.15. The Labute approximate surface area is 130 Å². The second kappa shape index (κ2) is 4.94. The quantitative estimate of drug-likeness (QED) is 0.783. The Balaban J connectivity index is 1.76. The zero-order valence-corrected chi connectivity index (χ0v) is 12.5. The molecule has 1 saturated heterocycles. The largest absolute Gasteiger partial charge is 0.344 e. The molecule has 2 aliphatic rings. The summed E-state index contributed by atoms with van der Waals surface area (Å²) in [6.45, 7) is 2.61. The molecule has 2 nitrogen and oxygen atoms in total. The van der Waals surface area contributed by atoms with Crippen LogP contribution in [0.4, 0.5) is 0 Å². The molecule has 1 fully saturated rings. The monoisotopic (exact) mass is 290 g/mol. The van der Waals surface area contributed by atoms with Crippen LogP contribution in [0.25, 0.3) is 5.57 Å². The van der Waals surface area contributed by atoms with Gasteiger partial charge in [0, 0.05) is 6.61 Å². The van der Waals surface area contributed by atoms with Crippen molar-refractivity contribution in [2.45, 2.75) is 18.3 Å². The third-order valence-corrected chi connectivity index (χ3v) is 4.30. The van der Waals surface area contributed by atoms with Gasteiger partial charge in [-0.3, -0.25) is 0 Å². The molecule has 0 spiro atoms.